The zero-order chi connectivity index (χ0) is 18.6. The van der Waals surface area contributed by atoms with Gasteiger partial charge in [-0.15, -0.1) is 0 Å². The Bertz CT molecular complexity index is 720. The molecular weight excluding hydrogens is 320 g/mol. The number of ether oxygens (including phenoxy) is 1. The molecule has 0 saturated carbocycles. The van der Waals surface area contributed by atoms with E-state index in [2.05, 4.69) is 10.3 Å². The van der Waals surface area contributed by atoms with Gasteiger partial charge in [-0.25, -0.2) is 4.98 Å². The number of oxazole rings is 1. The first-order valence-corrected chi connectivity index (χ1v) is 8.41. The molecule has 2 rings (SSSR count). The lowest BCUT2D eigenvalue weighted by Crippen LogP contribution is -2.45. The van der Waals surface area contributed by atoms with Crippen LogP contribution in [0.15, 0.2) is 28.7 Å². The molecule has 1 aromatic carbocycles. The van der Waals surface area contributed by atoms with Crippen molar-refractivity contribution in [2.45, 2.75) is 39.7 Å². The minimum Gasteiger partial charge on any atom is -0.497 e. The van der Waals surface area contributed by atoms with Crippen LogP contribution in [0.4, 0.5) is 0 Å². The van der Waals surface area contributed by atoms with Crippen molar-refractivity contribution in [1.29, 1.82) is 0 Å². The fraction of sp³-hybridized carbons (Fsp3) is 0.474. The van der Waals surface area contributed by atoms with E-state index < -0.39 is 5.60 Å². The minimum absolute atomic E-state index is 0.0704. The summed E-state index contributed by atoms with van der Waals surface area (Å²) in [5, 5.41) is 13.2. The minimum atomic E-state index is -0.971. The molecule has 0 aliphatic heterocycles. The summed E-state index contributed by atoms with van der Waals surface area (Å²) in [5.41, 5.74) is 0.0150. The molecule has 0 spiro atoms. The maximum atomic E-state index is 12.4. The third-order valence-electron chi connectivity index (χ3n) is 4.63. The Kier molecular flexibility index (Phi) is 5.85. The summed E-state index contributed by atoms with van der Waals surface area (Å²) in [6.07, 6.45) is 0.827. The highest BCUT2D eigenvalue weighted by atomic mass is 16.5. The predicted octanol–water partition coefficient (Wildman–Crippen LogP) is 3.19. The number of rotatable bonds is 7. The van der Waals surface area contributed by atoms with Crippen LogP contribution in [-0.2, 0) is 0 Å². The van der Waals surface area contributed by atoms with Gasteiger partial charge in [0.15, 0.2) is 5.69 Å². The first-order valence-electron chi connectivity index (χ1n) is 8.41. The highest BCUT2D eigenvalue weighted by molar-refractivity contribution is 5.93. The summed E-state index contributed by atoms with van der Waals surface area (Å²) >= 11 is 0. The van der Waals surface area contributed by atoms with E-state index in [1.165, 1.54) is 0 Å². The number of hydrogen-bond donors (Lipinski definition) is 2. The van der Waals surface area contributed by atoms with Crippen LogP contribution >= 0.6 is 0 Å². The summed E-state index contributed by atoms with van der Waals surface area (Å²) < 4.78 is 10.7. The van der Waals surface area contributed by atoms with Crippen LogP contribution < -0.4 is 10.1 Å². The van der Waals surface area contributed by atoms with Crippen LogP contribution in [0.3, 0.4) is 0 Å². The number of aryl methyl sites for hydroxylation is 1. The number of nitrogens with zero attached hydrogens (tertiary/aromatic N) is 1. The van der Waals surface area contributed by atoms with Crippen molar-refractivity contribution < 1.29 is 19.1 Å². The van der Waals surface area contributed by atoms with Crippen LogP contribution in [0.25, 0.3) is 11.5 Å². The second-order valence-corrected chi connectivity index (χ2v) is 6.50. The van der Waals surface area contributed by atoms with Gasteiger partial charge in [0.05, 0.1) is 12.7 Å². The molecule has 2 atom stereocenters. The molecular formula is C19H26N2O4. The lowest BCUT2D eigenvalue weighted by atomic mass is 9.88. The maximum Gasteiger partial charge on any atom is 0.273 e. The van der Waals surface area contributed by atoms with Crippen LogP contribution in [0.5, 0.6) is 5.75 Å². The van der Waals surface area contributed by atoms with Crippen LogP contribution in [0.1, 0.15) is 43.4 Å². The van der Waals surface area contributed by atoms with Crippen molar-refractivity contribution in [3.8, 4) is 17.2 Å². The summed E-state index contributed by atoms with van der Waals surface area (Å²) in [6, 6.07) is 7.24. The van der Waals surface area contributed by atoms with E-state index in [4.69, 9.17) is 9.15 Å². The Morgan fingerprint density at radius 2 is 2.04 bits per heavy atom. The van der Waals surface area contributed by atoms with Crippen molar-refractivity contribution >= 4 is 5.91 Å². The number of aromatic nitrogens is 1. The Labute approximate surface area is 148 Å². The fourth-order valence-corrected chi connectivity index (χ4v) is 2.42. The number of carbonyl (C=O) groups is 1. The lowest BCUT2D eigenvalue weighted by molar-refractivity contribution is 0.00587. The average Bonchev–Trinajstić information content (AvgIpc) is 3.00. The molecule has 2 aromatic rings. The van der Waals surface area contributed by atoms with Crippen molar-refractivity contribution in [1.82, 2.24) is 10.3 Å². The Morgan fingerprint density at radius 3 is 2.60 bits per heavy atom. The van der Waals surface area contributed by atoms with Gasteiger partial charge in [-0.3, -0.25) is 4.79 Å². The standard InChI is InChI=1S/C19H26N2O4/c1-6-12(2)19(4,23)11-20-17(22)16-13(3)25-18(21-16)14-7-9-15(24-5)10-8-14/h7-10,12,23H,6,11H2,1-5H3,(H,20,22). The largest absolute Gasteiger partial charge is 0.497 e. The van der Waals surface area contributed by atoms with Gasteiger partial charge in [-0.05, 0) is 44.0 Å². The monoisotopic (exact) mass is 346 g/mol. The van der Waals surface area contributed by atoms with Gasteiger partial charge in [0.1, 0.15) is 11.5 Å². The predicted molar refractivity (Wildman–Crippen MR) is 95.6 cm³/mol. The molecule has 2 N–H and O–H groups in total. The Balaban J connectivity index is 2.12. The summed E-state index contributed by atoms with van der Waals surface area (Å²) in [4.78, 5) is 16.7. The topological polar surface area (TPSA) is 84.6 Å². The van der Waals surface area contributed by atoms with E-state index in [1.54, 1.807) is 33.1 Å². The first kappa shape index (κ1) is 19.0. The molecule has 0 aliphatic rings. The second-order valence-electron chi connectivity index (χ2n) is 6.50. The smallest absolute Gasteiger partial charge is 0.273 e. The first-order chi connectivity index (χ1) is 11.8. The molecule has 0 aliphatic carbocycles. The zero-order valence-electron chi connectivity index (χ0n) is 15.4. The maximum absolute atomic E-state index is 12.4. The summed E-state index contributed by atoms with van der Waals surface area (Å²) in [6.45, 7) is 7.53. The number of benzene rings is 1. The third-order valence-corrected chi connectivity index (χ3v) is 4.63. The molecule has 0 bridgehead atoms. The van der Waals surface area contributed by atoms with E-state index in [9.17, 15) is 9.90 Å². The molecule has 0 saturated heterocycles. The van der Waals surface area contributed by atoms with Gasteiger partial charge < -0.3 is 19.6 Å². The number of methoxy groups -OCH3 is 1. The molecule has 0 fully saturated rings. The number of amides is 1. The van der Waals surface area contributed by atoms with Gasteiger partial charge in [-0.1, -0.05) is 20.3 Å². The van der Waals surface area contributed by atoms with Gasteiger partial charge >= 0.3 is 0 Å². The van der Waals surface area contributed by atoms with Crippen molar-refractivity contribution in [3.63, 3.8) is 0 Å². The van der Waals surface area contributed by atoms with Crippen LogP contribution in [-0.4, -0.2) is 35.3 Å². The van der Waals surface area contributed by atoms with Gasteiger partial charge in [0.25, 0.3) is 5.91 Å². The normalized spacial score (nSPS) is 14.6. The van der Waals surface area contributed by atoms with Crippen molar-refractivity contribution in [2.75, 3.05) is 13.7 Å². The molecule has 25 heavy (non-hydrogen) atoms. The van der Waals surface area contributed by atoms with Gasteiger partial charge in [0.2, 0.25) is 5.89 Å². The van der Waals surface area contributed by atoms with Crippen molar-refractivity contribution in [2.24, 2.45) is 5.92 Å². The third kappa shape index (κ3) is 4.39. The van der Waals surface area contributed by atoms with E-state index in [-0.39, 0.29) is 24.1 Å². The summed E-state index contributed by atoms with van der Waals surface area (Å²) in [5.74, 6) is 1.26. The molecule has 6 nitrogen and oxygen atoms in total. The number of hydrogen-bond acceptors (Lipinski definition) is 5. The van der Waals surface area contributed by atoms with Crippen molar-refractivity contribution in [3.05, 3.63) is 35.7 Å². The Hall–Kier alpha value is -2.34. The summed E-state index contributed by atoms with van der Waals surface area (Å²) in [7, 11) is 1.60. The van der Waals surface area contributed by atoms with E-state index in [1.807, 2.05) is 26.0 Å². The van der Waals surface area contributed by atoms with Crippen LogP contribution in [0.2, 0.25) is 0 Å². The van der Waals surface area contributed by atoms with Gasteiger partial charge in [0, 0.05) is 12.1 Å². The highest BCUT2D eigenvalue weighted by Gasteiger charge is 2.28. The Morgan fingerprint density at radius 1 is 1.40 bits per heavy atom. The SMILES string of the molecule is CCC(C)C(C)(O)CNC(=O)c1nc(-c2ccc(OC)cc2)oc1C. The fourth-order valence-electron chi connectivity index (χ4n) is 2.42. The molecule has 6 heteroatoms. The average molecular weight is 346 g/mol. The quantitative estimate of drug-likeness (QED) is 0.804. The number of carbonyl (C=O) groups excluding carboxylic acids is 1. The number of aliphatic hydroxyl groups is 1. The lowest BCUT2D eigenvalue weighted by Gasteiger charge is -2.29. The molecule has 1 aromatic heterocycles. The van der Waals surface area contributed by atoms with Crippen LogP contribution in [0, 0.1) is 12.8 Å². The van der Waals surface area contributed by atoms with E-state index >= 15 is 0 Å². The highest BCUT2D eigenvalue weighted by Crippen LogP contribution is 2.24. The zero-order valence-corrected chi connectivity index (χ0v) is 15.4. The molecule has 2 unspecified atom stereocenters. The molecule has 1 heterocycles. The van der Waals surface area contributed by atoms with E-state index in [0.29, 0.717) is 11.7 Å². The molecule has 1 amide bonds. The van der Waals surface area contributed by atoms with E-state index in [0.717, 1.165) is 17.7 Å². The second kappa shape index (κ2) is 7.70. The molecule has 136 valence electrons. The number of nitrogens with one attached hydrogen (secondary N) is 1. The van der Waals surface area contributed by atoms with Gasteiger partial charge in [-0.2, -0.15) is 0 Å². The molecule has 0 radical (unpaired) electrons.